The van der Waals surface area contributed by atoms with Gasteiger partial charge in [-0.25, -0.2) is 8.88 Å². The maximum Gasteiger partial charge on any atom is 0.416 e. The average molecular weight is 265 g/mol. The zero-order chi connectivity index (χ0) is 12.8. The number of alkyl halides is 3. The quantitative estimate of drug-likeness (QED) is 0.787. The van der Waals surface area contributed by atoms with Crippen LogP contribution in [0.15, 0.2) is 27.8 Å². The van der Waals surface area contributed by atoms with Crippen molar-refractivity contribution in [2.45, 2.75) is 6.18 Å². The first-order chi connectivity index (χ1) is 7.80. The fourth-order valence-electron chi connectivity index (χ4n) is 1.39. The van der Waals surface area contributed by atoms with Gasteiger partial charge < -0.3 is 0 Å². The summed E-state index contributed by atoms with van der Waals surface area (Å²) >= 11 is 5.52. The normalized spacial score (nSPS) is 12.0. The van der Waals surface area contributed by atoms with E-state index in [-0.39, 0.29) is 10.9 Å². The molecule has 90 valence electrons. The summed E-state index contributed by atoms with van der Waals surface area (Å²) in [5.74, 6) is 0. The van der Waals surface area contributed by atoms with Gasteiger partial charge in [0.05, 0.1) is 16.5 Å². The molecule has 2 rings (SSSR count). The highest BCUT2D eigenvalue weighted by Gasteiger charge is 2.30. The lowest BCUT2D eigenvalue weighted by Crippen LogP contribution is -2.26. The molecule has 1 aromatic carbocycles. The molecule has 1 heterocycles. The van der Waals surface area contributed by atoms with Crippen LogP contribution < -0.4 is 11.2 Å². The van der Waals surface area contributed by atoms with Crippen LogP contribution in [0.4, 0.5) is 13.2 Å². The van der Waals surface area contributed by atoms with Gasteiger partial charge in [-0.15, -0.1) is 0 Å². The molecule has 2 aromatic rings. The molecule has 0 radical (unpaired) electrons. The minimum Gasteiger partial charge on any atom is -0.272 e. The molecule has 0 unspecified atom stereocenters. The molecule has 0 aliphatic heterocycles. The van der Waals surface area contributed by atoms with Gasteiger partial charge >= 0.3 is 11.9 Å². The summed E-state index contributed by atoms with van der Waals surface area (Å²) in [6.45, 7) is 0. The molecular formula is C9H4ClF3N2O2. The number of nitrogens with zero attached hydrogens (tertiary/aromatic N) is 1. The fourth-order valence-corrected chi connectivity index (χ4v) is 1.58. The van der Waals surface area contributed by atoms with Gasteiger partial charge in [-0.2, -0.15) is 13.2 Å². The summed E-state index contributed by atoms with van der Waals surface area (Å²) in [5.41, 5.74) is -2.86. The maximum atomic E-state index is 12.4. The van der Waals surface area contributed by atoms with Crippen molar-refractivity contribution in [1.29, 1.82) is 0 Å². The van der Waals surface area contributed by atoms with Gasteiger partial charge in [-0.1, -0.05) is 0 Å². The standard InChI is InChI=1S/C9H4ClF3N2O2/c10-15-6-2-1-4(9(11,12)13)3-5(6)7(16)14-8(15)17/h1-3H,(H,14,16,17). The van der Waals surface area contributed by atoms with Crippen LogP contribution in [0.3, 0.4) is 0 Å². The predicted octanol–water partition coefficient (Wildman–Crippen LogP) is 1.71. The molecule has 0 atom stereocenters. The molecule has 4 nitrogen and oxygen atoms in total. The van der Waals surface area contributed by atoms with E-state index in [9.17, 15) is 22.8 Å². The number of aromatic nitrogens is 2. The topological polar surface area (TPSA) is 54.9 Å². The summed E-state index contributed by atoms with van der Waals surface area (Å²) in [7, 11) is 0. The van der Waals surface area contributed by atoms with Crippen LogP contribution in [0, 0.1) is 0 Å². The monoisotopic (exact) mass is 264 g/mol. The first-order valence-electron chi connectivity index (χ1n) is 4.33. The molecule has 17 heavy (non-hydrogen) atoms. The largest absolute Gasteiger partial charge is 0.416 e. The van der Waals surface area contributed by atoms with Crippen LogP contribution in [0.2, 0.25) is 0 Å². The Bertz CT molecular complexity index is 702. The van der Waals surface area contributed by atoms with Crippen LogP contribution in [0.5, 0.6) is 0 Å². The van der Waals surface area contributed by atoms with Gasteiger partial charge in [0, 0.05) is 11.8 Å². The summed E-state index contributed by atoms with van der Waals surface area (Å²) in [6.07, 6.45) is -4.56. The van der Waals surface area contributed by atoms with Crippen molar-refractivity contribution in [2.75, 3.05) is 0 Å². The highest BCUT2D eigenvalue weighted by molar-refractivity contribution is 6.18. The van der Waals surface area contributed by atoms with Gasteiger partial charge in [0.15, 0.2) is 0 Å². The van der Waals surface area contributed by atoms with Crippen molar-refractivity contribution >= 4 is 22.7 Å². The van der Waals surface area contributed by atoms with Crippen LogP contribution in [-0.2, 0) is 6.18 Å². The fraction of sp³-hybridized carbons (Fsp3) is 0.111. The van der Waals surface area contributed by atoms with Gasteiger partial charge in [0.2, 0.25) is 0 Å². The number of H-pyrrole nitrogens is 1. The second-order valence-electron chi connectivity index (χ2n) is 3.27. The molecule has 0 aliphatic rings. The smallest absolute Gasteiger partial charge is 0.272 e. The van der Waals surface area contributed by atoms with E-state index < -0.39 is 23.0 Å². The highest BCUT2D eigenvalue weighted by Crippen LogP contribution is 2.30. The van der Waals surface area contributed by atoms with E-state index in [4.69, 9.17) is 11.8 Å². The first kappa shape index (κ1) is 11.7. The molecule has 0 spiro atoms. The number of hydrogen-bond acceptors (Lipinski definition) is 2. The Morgan fingerprint density at radius 3 is 2.47 bits per heavy atom. The van der Waals surface area contributed by atoms with Gasteiger partial charge in [-0.05, 0) is 18.2 Å². The Hall–Kier alpha value is -1.76. The van der Waals surface area contributed by atoms with E-state index in [1.54, 1.807) is 0 Å². The average Bonchev–Trinajstić information content (AvgIpc) is 2.24. The van der Waals surface area contributed by atoms with E-state index in [1.165, 1.54) is 0 Å². The van der Waals surface area contributed by atoms with Gasteiger partial charge in [0.1, 0.15) is 0 Å². The van der Waals surface area contributed by atoms with E-state index in [1.807, 2.05) is 4.98 Å². The van der Waals surface area contributed by atoms with Gasteiger partial charge in [0.25, 0.3) is 5.56 Å². The molecule has 0 saturated carbocycles. The molecule has 0 aliphatic carbocycles. The third kappa shape index (κ3) is 1.93. The number of fused-ring (bicyclic) bond motifs is 1. The van der Waals surface area contributed by atoms with Gasteiger partial charge in [-0.3, -0.25) is 9.78 Å². The van der Waals surface area contributed by atoms with E-state index in [0.29, 0.717) is 10.2 Å². The van der Waals surface area contributed by atoms with E-state index >= 15 is 0 Å². The second kappa shape index (κ2) is 3.63. The van der Waals surface area contributed by atoms with E-state index in [0.717, 1.165) is 12.1 Å². The Kier molecular flexibility index (Phi) is 2.50. The molecular weight excluding hydrogens is 261 g/mol. The highest BCUT2D eigenvalue weighted by atomic mass is 35.5. The summed E-state index contributed by atoms with van der Waals surface area (Å²) in [5, 5.41) is -0.297. The lowest BCUT2D eigenvalue weighted by Gasteiger charge is -2.07. The molecule has 0 fully saturated rings. The Morgan fingerprint density at radius 1 is 1.24 bits per heavy atom. The number of nitrogens with one attached hydrogen (secondary N) is 1. The number of halogens is 4. The Labute approximate surface area is 96.4 Å². The predicted molar refractivity (Wildman–Crippen MR) is 55.1 cm³/mol. The molecule has 0 bridgehead atoms. The Morgan fingerprint density at radius 2 is 1.88 bits per heavy atom. The van der Waals surface area contributed by atoms with Crippen molar-refractivity contribution < 1.29 is 13.2 Å². The minimum atomic E-state index is -4.56. The third-order valence-electron chi connectivity index (χ3n) is 2.18. The number of benzene rings is 1. The second-order valence-corrected chi connectivity index (χ2v) is 3.61. The molecule has 8 heteroatoms. The number of rotatable bonds is 0. The number of hydrogen-bond donors (Lipinski definition) is 1. The summed E-state index contributed by atoms with van der Waals surface area (Å²) in [4.78, 5) is 24.2. The number of aromatic amines is 1. The van der Waals surface area contributed by atoms with Crippen molar-refractivity contribution in [3.63, 3.8) is 0 Å². The first-order valence-corrected chi connectivity index (χ1v) is 4.67. The maximum absolute atomic E-state index is 12.4. The zero-order valence-electron chi connectivity index (χ0n) is 8.01. The zero-order valence-corrected chi connectivity index (χ0v) is 8.76. The molecule has 0 saturated heterocycles. The minimum absolute atomic E-state index is 0.0755. The lowest BCUT2D eigenvalue weighted by molar-refractivity contribution is -0.137. The summed E-state index contributed by atoms with van der Waals surface area (Å²) < 4.78 is 37.8. The van der Waals surface area contributed by atoms with Crippen LogP contribution >= 0.6 is 11.8 Å². The van der Waals surface area contributed by atoms with Crippen LogP contribution in [0.1, 0.15) is 5.56 Å². The van der Waals surface area contributed by atoms with Crippen molar-refractivity contribution in [3.8, 4) is 0 Å². The SMILES string of the molecule is O=c1[nH]c(=O)n(Cl)c2ccc(C(F)(F)F)cc12. The molecule has 1 aromatic heterocycles. The van der Waals surface area contributed by atoms with Crippen LogP contribution in [0.25, 0.3) is 10.9 Å². The summed E-state index contributed by atoms with van der Waals surface area (Å²) in [6, 6.07) is 2.37. The third-order valence-corrected chi connectivity index (χ3v) is 2.51. The van der Waals surface area contributed by atoms with Crippen molar-refractivity contribution in [2.24, 2.45) is 0 Å². The van der Waals surface area contributed by atoms with E-state index in [2.05, 4.69) is 0 Å². The van der Waals surface area contributed by atoms with Crippen molar-refractivity contribution in [1.82, 2.24) is 9.07 Å². The molecule has 0 amide bonds. The molecule has 1 N–H and O–H groups in total. The lowest BCUT2D eigenvalue weighted by atomic mass is 10.1. The Balaban J connectivity index is 2.89. The van der Waals surface area contributed by atoms with Crippen molar-refractivity contribution in [3.05, 3.63) is 44.6 Å². The van der Waals surface area contributed by atoms with Crippen LogP contribution in [-0.4, -0.2) is 9.07 Å².